The summed E-state index contributed by atoms with van der Waals surface area (Å²) in [5.74, 6) is -0.930. The number of aromatic nitrogens is 4. The number of carboxylic acids is 1. The standard InChI is InChI=1S/C11H8N4O2S/c16-9(17)5-18-11-10-14-12-6-15(10)8-4-2-1-3-7(8)13-11/h1-4,6H,5H2,(H,16,17). The zero-order valence-corrected chi connectivity index (χ0v) is 9.96. The predicted molar refractivity (Wildman–Crippen MR) is 66.6 cm³/mol. The fraction of sp³-hybridized carbons (Fsp3) is 0.0909. The van der Waals surface area contributed by atoms with E-state index < -0.39 is 5.97 Å². The predicted octanol–water partition coefficient (Wildman–Crippen LogP) is 1.45. The van der Waals surface area contributed by atoms with Gasteiger partial charge in [-0.15, -0.1) is 10.2 Å². The second-order valence-electron chi connectivity index (χ2n) is 3.61. The third-order valence-corrected chi connectivity index (χ3v) is 3.37. The first-order valence-electron chi connectivity index (χ1n) is 5.19. The molecule has 2 aromatic heterocycles. The molecule has 7 heteroatoms. The Morgan fingerprint density at radius 1 is 1.39 bits per heavy atom. The molecular formula is C11H8N4O2S. The van der Waals surface area contributed by atoms with Crippen LogP contribution in [0.1, 0.15) is 0 Å². The minimum atomic E-state index is -0.882. The fourth-order valence-corrected chi connectivity index (χ4v) is 2.40. The topological polar surface area (TPSA) is 80.4 Å². The normalized spacial score (nSPS) is 11.1. The molecule has 0 aliphatic heterocycles. The van der Waals surface area contributed by atoms with Crippen LogP contribution in [0.3, 0.4) is 0 Å². The monoisotopic (exact) mass is 260 g/mol. The Morgan fingerprint density at radius 2 is 2.22 bits per heavy atom. The summed E-state index contributed by atoms with van der Waals surface area (Å²) < 4.78 is 1.81. The summed E-state index contributed by atoms with van der Waals surface area (Å²) in [4.78, 5) is 15.0. The number of benzene rings is 1. The van der Waals surface area contributed by atoms with Crippen LogP contribution < -0.4 is 0 Å². The lowest BCUT2D eigenvalue weighted by Crippen LogP contribution is -2.00. The lowest BCUT2D eigenvalue weighted by Gasteiger charge is -2.04. The maximum absolute atomic E-state index is 10.6. The average Bonchev–Trinajstić information content (AvgIpc) is 2.85. The van der Waals surface area contributed by atoms with Crippen molar-refractivity contribution < 1.29 is 9.90 Å². The highest BCUT2D eigenvalue weighted by atomic mass is 32.2. The molecule has 6 nitrogen and oxygen atoms in total. The van der Waals surface area contributed by atoms with E-state index in [4.69, 9.17) is 5.11 Å². The van der Waals surface area contributed by atoms with E-state index in [1.165, 1.54) is 0 Å². The van der Waals surface area contributed by atoms with Gasteiger partial charge in [0.25, 0.3) is 0 Å². The SMILES string of the molecule is O=C(O)CSc1nc2ccccc2n2cnnc12. The molecule has 0 spiro atoms. The summed E-state index contributed by atoms with van der Waals surface area (Å²) in [5.41, 5.74) is 2.27. The molecule has 0 fully saturated rings. The highest BCUT2D eigenvalue weighted by molar-refractivity contribution is 8.00. The van der Waals surface area contributed by atoms with Crippen molar-refractivity contribution in [3.63, 3.8) is 0 Å². The van der Waals surface area contributed by atoms with Crippen LogP contribution in [-0.4, -0.2) is 36.4 Å². The van der Waals surface area contributed by atoms with Crippen molar-refractivity contribution in [2.75, 3.05) is 5.75 Å². The summed E-state index contributed by atoms with van der Waals surface area (Å²) in [6.45, 7) is 0. The molecule has 0 bridgehead atoms. The van der Waals surface area contributed by atoms with Crippen LogP contribution in [0.4, 0.5) is 0 Å². The highest BCUT2D eigenvalue weighted by Gasteiger charge is 2.11. The summed E-state index contributed by atoms with van der Waals surface area (Å²) in [5, 5.41) is 17.1. The van der Waals surface area contributed by atoms with E-state index in [9.17, 15) is 4.79 Å². The molecule has 0 amide bonds. The Hall–Kier alpha value is -2.15. The molecule has 0 unspecified atom stereocenters. The number of hydrogen-bond donors (Lipinski definition) is 1. The van der Waals surface area contributed by atoms with E-state index >= 15 is 0 Å². The molecule has 0 aliphatic carbocycles. The summed E-state index contributed by atoms with van der Waals surface area (Å²) >= 11 is 1.14. The van der Waals surface area contributed by atoms with Crippen molar-refractivity contribution >= 4 is 34.4 Å². The molecular weight excluding hydrogens is 252 g/mol. The summed E-state index contributed by atoms with van der Waals surface area (Å²) in [7, 11) is 0. The minimum Gasteiger partial charge on any atom is -0.481 e. The van der Waals surface area contributed by atoms with Gasteiger partial charge in [0.1, 0.15) is 11.4 Å². The molecule has 0 saturated carbocycles. The third-order valence-electron chi connectivity index (χ3n) is 2.43. The molecule has 0 saturated heterocycles. The number of carboxylic acid groups (broad SMARTS) is 1. The van der Waals surface area contributed by atoms with Gasteiger partial charge in [0.2, 0.25) is 0 Å². The number of nitrogens with zero attached hydrogens (tertiary/aromatic N) is 4. The molecule has 2 heterocycles. The van der Waals surface area contributed by atoms with Crippen molar-refractivity contribution in [1.29, 1.82) is 0 Å². The Bertz CT molecular complexity index is 740. The second-order valence-corrected chi connectivity index (χ2v) is 4.58. The van der Waals surface area contributed by atoms with E-state index in [0.717, 1.165) is 22.8 Å². The van der Waals surface area contributed by atoms with E-state index in [1.807, 2.05) is 28.7 Å². The van der Waals surface area contributed by atoms with Gasteiger partial charge in [0.05, 0.1) is 16.8 Å². The van der Waals surface area contributed by atoms with Crippen molar-refractivity contribution in [2.24, 2.45) is 0 Å². The van der Waals surface area contributed by atoms with Crippen molar-refractivity contribution in [1.82, 2.24) is 19.6 Å². The lowest BCUT2D eigenvalue weighted by molar-refractivity contribution is -0.133. The summed E-state index contributed by atoms with van der Waals surface area (Å²) in [6.07, 6.45) is 1.60. The Morgan fingerprint density at radius 3 is 3.06 bits per heavy atom. The smallest absolute Gasteiger partial charge is 0.313 e. The van der Waals surface area contributed by atoms with Gasteiger partial charge in [-0.2, -0.15) is 0 Å². The zero-order chi connectivity index (χ0) is 12.5. The molecule has 0 atom stereocenters. The van der Waals surface area contributed by atoms with E-state index in [-0.39, 0.29) is 5.75 Å². The first kappa shape index (κ1) is 11.0. The largest absolute Gasteiger partial charge is 0.481 e. The van der Waals surface area contributed by atoms with Crippen LogP contribution in [0.25, 0.3) is 16.7 Å². The quantitative estimate of drug-likeness (QED) is 0.718. The third kappa shape index (κ3) is 1.78. The molecule has 18 heavy (non-hydrogen) atoms. The van der Waals surface area contributed by atoms with Crippen molar-refractivity contribution in [3.8, 4) is 0 Å². The zero-order valence-electron chi connectivity index (χ0n) is 9.15. The van der Waals surface area contributed by atoms with E-state index in [1.54, 1.807) is 6.33 Å². The minimum absolute atomic E-state index is 0.0478. The van der Waals surface area contributed by atoms with Gasteiger partial charge < -0.3 is 5.11 Å². The van der Waals surface area contributed by atoms with Gasteiger partial charge in [-0.3, -0.25) is 9.20 Å². The number of aliphatic carboxylic acids is 1. The number of fused-ring (bicyclic) bond motifs is 3. The van der Waals surface area contributed by atoms with Crippen molar-refractivity contribution in [2.45, 2.75) is 5.03 Å². The molecule has 1 aromatic carbocycles. The number of hydrogen-bond acceptors (Lipinski definition) is 5. The number of carbonyl (C=O) groups is 1. The van der Waals surface area contributed by atoms with E-state index in [2.05, 4.69) is 15.2 Å². The van der Waals surface area contributed by atoms with Gasteiger partial charge in [0, 0.05) is 0 Å². The maximum atomic E-state index is 10.6. The van der Waals surface area contributed by atoms with Gasteiger partial charge >= 0.3 is 5.97 Å². The van der Waals surface area contributed by atoms with Gasteiger partial charge in [0.15, 0.2) is 5.65 Å². The van der Waals surface area contributed by atoms with E-state index in [0.29, 0.717) is 10.7 Å². The molecule has 3 aromatic rings. The molecule has 1 N–H and O–H groups in total. The molecule has 0 aliphatic rings. The lowest BCUT2D eigenvalue weighted by atomic mass is 10.3. The van der Waals surface area contributed by atoms with Crippen LogP contribution in [0.5, 0.6) is 0 Å². The second kappa shape index (κ2) is 4.26. The van der Waals surface area contributed by atoms with Gasteiger partial charge in [-0.25, -0.2) is 4.98 Å². The Kier molecular flexibility index (Phi) is 2.60. The Labute approximate surface area is 106 Å². The highest BCUT2D eigenvalue weighted by Crippen LogP contribution is 2.23. The number of thioether (sulfide) groups is 1. The number of para-hydroxylation sites is 2. The fourth-order valence-electron chi connectivity index (χ4n) is 1.71. The van der Waals surface area contributed by atoms with Crippen LogP contribution in [0, 0.1) is 0 Å². The van der Waals surface area contributed by atoms with Crippen LogP contribution in [-0.2, 0) is 4.79 Å². The molecule has 0 radical (unpaired) electrons. The number of rotatable bonds is 3. The first-order valence-corrected chi connectivity index (χ1v) is 6.17. The first-order chi connectivity index (χ1) is 8.75. The molecule has 3 rings (SSSR count). The van der Waals surface area contributed by atoms with Gasteiger partial charge in [-0.1, -0.05) is 23.9 Å². The van der Waals surface area contributed by atoms with Crippen LogP contribution in [0.15, 0.2) is 35.6 Å². The van der Waals surface area contributed by atoms with Crippen LogP contribution in [0.2, 0.25) is 0 Å². The Balaban J connectivity index is 2.22. The maximum Gasteiger partial charge on any atom is 0.313 e. The summed E-state index contributed by atoms with van der Waals surface area (Å²) in [6, 6.07) is 7.59. The average molecular weight is 260 g/mol. The molecule has 90 valence electrons. The van der Waals surface area contributed by atoms with Gasteiger partial charge in [-0.05, 0) is 12.1 Å². The van der Waals surface area contributed by atoms with Crippen LogP contribution >= 0.6 is 11.8 Å². The van der Waals surface area contributed by atoms with Crippen molar-refractivity contribution in [3.05, 3.63) is 30.6 Å².